The summed E-state index contributed by atoms with van der Waals surface area (Å²) < 4.78 is 6.99. The Morgan fingerprint density at radius 3 is 2.72 bits per heavy atom. The van der Waals surface area contributed by atoms with Gasteiger partial charge in [-0.3, -0.25) is 0 Å². The summed E-state index contributed by atoms with van der Waals surface area (Å²) in [4.78, 5) is 0. The highest BCUT2D eigenvalue weighted by atomic mass is 16.6. The highest BCUT2D eigenvalue weighted by Gasteiger charge is 2.47. The molecule has 1 unspecified atom stereocenters. The molecule has 1 aromatic heterocycles. The molecular formula is C12H17N2O4+. The molecule has 2 heterocycles. The van der Waals surface area contributed by atoms with Gasteiger partial charge in [0.1, 0.15) is 12.2 Å². The third kappa shape index (κ3) is 2.23. The predicted molar refractivity (Wildman–Crippen MR) is 62.9 cm³/mol. The second-order valence-electron chi connectivity index (χ2n) is 4.29. The molecule has 0 saturated carbocycles. The SMILES string of the molecule is C=C(N)c1ccc[n+](C2O[C@H](CO)[C@@H](O)[C@H]2O)c1. The average molecular weight is 253 g/mol. The van der Waals surface area contributed by atoms with Crippen molar-refractivity contribution in [2.24, 2.45) is 5.73 Å². The van der Waals surface area contributed by atoms with Crippen LogP contribution in [0.15, 0.2) is 31.1 Å². The van der Waals surface area contributed by atoms with Crippen molar-refractivity contribution in [2.45, 2.75) is 24.5 Å². The molecule has 0 aliphatic carbocycles. The molecule has 0 bridgehead atoms. The summed E-state index contributed by atoms with van der Waals surface area (Å²) in [6.45, 7) is 3.28. The standard InChI is InChI=1S/C12H17N2O4/c1-7(13)8-3-2-4-14(5-8)12-11(17)10(16)9(6-15)18-12/h2-5,9-12,15-17H,1,6,13H2/q+1/t9-,10-,11-,12?/m1/s1. The first kappa shape index (κ1) is 13.0. The van der Waals surface area contributed by atoms with Crippen molar-refractivity contribution in [2.75, 3.05) is 6.61 Å². The van der Waals surface area contributed by atoms with Gasteiger partial charge >= 0.3 is 0 Å². The lowest BCUT2D eigenvalue weighted by molar-refractivity contribution is -0.765. The van der Waals surface area contributed by atoms with Crippen LogP contribution in [0.2, 0.25) is 0 Å². The van der Waals surface area contributed by atoms with Crippen LogP contribution < -0.4 is 10.3 Å². The molecule has 2 rings (SSSR count). The quantitative estimate of drug-likeness (QED) is 0.492. The minimum Gasteiger partial charge on any atom is -0.399 e. The maximum atomic E-state index is 9.88. The van der Waals surface area contributed by atoms with Gasteiger partial charge in [-0.05, 0) is 6.07 Å². The van der Waals surface area contributed by atoms with E-state index in [0.717, 1.165) is 0 Å². The van der Waals surface area contributed by atoms with Crippen LogP contribution in [0.3, 0.4) is 0 Å². The largest absolute Gasteiger partial charge is 0.399 e. The van der Waals surface area contributed by atoms with Crippen molar-refractivity contribution in [3.8, 4) is 0 Å². The minimum atomic E-state index is -1.11. The van der Waals surface area contributed by atoms with Gasteiger partial charge in [0.2, 0.25) is 0 Å². The molecule has 98 valence electrons. The first-order chi connectivity index (χ1) is 8.54. The van der Waals surface area contributed by atoms with Crippen LogP contribution in [0.1, 0.15) is 11.8 Å². The second kappa shape index (κ2) is 5.03. The maximum absolute atomic E-state index is 9.88. The normalized spacial score (nSPS) is 31.5. The Kier molecular flexibility index (Phi) is 3.63. The van der Waals surface area contributed by atoms with Gasteiger partial charge in [-0.2, -0.15) is 4.57 Å². The smallest absolute Gasteiger partial charge is 0.292 e. The fourth-order valence-corrected chi connectivity index (χ4v) is 1.97. The molecule has 1 aliphatic rings. The lowest BCUT2D eigenvalue weighted by atomic mass is 10.1. The molecule has 4 atom stereocenters. The highest BCUT2D eigenvalue weighted by molar-refractivity contribution is 5.58. The molecule has 1 aliphatic heterocycles. The van der Waals surface area contributed by atoms with E-state index >= 15 is 0 Å². The molecular weight excluding hydrogens is 236 g/mol. The van der Waals surface area contributed by atoms with Crippen LogP contribution >= 0.6 is 0 Å². The summed E-state index contributed by atoms with van der Waals surface area (Å²) in [6.07, 6.45) is -0.403. The number of pyridine rings is 1. The Morgan fingerprint density at radius 2 is 2.17 bits per heavy atom. The van der Waals surface area contributed by atoms with E-state index in [4.69, 9.17) is 15.6 Å². The van der Waals surface area contributed by atoms with Gasteiger partial charge in [0.05, 0.1) is 12.2 Å². The van der Waals surface area contributed by atoms with Crippen LogP contribution in [0.25, 0.3) is 5.70 Å². The molecule has 0 spiro atoms. The number of hydrogen-bond acceptors (Lipinski definition) is 5. The summed E-state index contributed by atoms with van der Waals surface area (Å²) in [6, 6.07) is 3.52. The van der Waals surface area contributed by atoms with Gasteiger partial charge in [-0.25, -0.2) is 0 Å². The first-order valence-electron chi connectivity index (χ1n) is 5.62. The third-order valence-corrected chi connectivity index (χ3v) is 3.00. The molecule has 0 aromatic carbocycles. The molecule has 18 heavy (non-hydrogen) atoms. The van der Waals surface area contributed by atoms with E-state index in [1.54, 1.807) is 29.1 Å². The van der Waals surface area contributed by atoms with Crippen molar-refractivity contribution in [1.29, 1.82) is 0 Å². The zero-order chi connectivity index (χ0) is 13.3. The van der Waals surface area contributed by atoms with Crippen LogP contribution in [-0.4, -0.2) is 40.2 Å². The molecule has 6 nitrogen and oxygen atoms in total. The highest BCUT2D eigenvalue weighted by Crippen LogP contribution is 2.25. The van der Waals surface area contributed by atoms with E-state index in [1.165, 1.54) is 0 Å². The van der Waals surface area contributed by atoms with Crippen molar-refractivity contribution in [3.63, 3.8) is 0 Å². The van der Waals surface area contributed by atoms with E-state index < -0.39 is 24.5 Å². The molecule has 5 N–H and O–H groups in total. The Balaban J connectivity index is 2.27. The summed E-state index contributed by atoms with van der Waals surface area (Å²) in [5.74, 6) is 0. The zero-order valence-corrected chi connectivity index (χ0v) is 9.81. The summed E-state index contributed by atoms with van der Waals surface area (Å²) in [5.41, 5.74) is 6.70. The summed E-state index contributed by atoms with van der Waals surface area (Å²) in [5, 5.41) is 28.6. The lowest BCUT2D eigenvalue weighted by Gasteiger charge is -2.10. The number of aliphatic hydroxyl groups excluding tert-OH is 3. The van der Waals surface area contributed by atoms with Crippen LogP contribution in [-0.2, 0) is 4.74 Å². The molecule has 0 radical (unpaired) electrons. The molecule has 6 heteroatoms. The van der Waals surface area contributed by atoms with Crippen molar-refractivity contribution < 1.29 is 24.6 Å². The van der Waals surface area contributed by atoms with E-state index in [1.807, 2.05) is 0 Å². The fourth-order valence-electron chi connectivity index (χ4n) is 1.97. The van der Waals surface area contributed by atoms with Crippen LogP contribution in [0.4, 0.5) is 0 Å². The van der Waals surface area contributed by atoms with Crippen molar-refractivity contribution in [3.05, 3.63) is 36.7 Å². The molecule has 1 aromatic rings. The van der Waals surface area contributed by atoms with E-state index in [-0.39, 0.29) is 6.61 Å². The number of aromatic nitrogens is 1. The number of rotatable bonds is 3. The second-order valence-corrected chi connectivity index (χ2v) is 4.29. The zero-order valence-electron chi connectivity index (χ0n) is 9.81. The third-order valence-electron chi connectivity index (χ3n) is 3.00. The van der Waals surface area contributed by atoms with Gasteiger partial charge < -0.3 is 25.8 Å². The van der Waals surface area contributed by atoms with Gasteiger partial charge in [0.15, 0.2) is 18.5 Å². The van der Waals surface area contributed by atoms with Crippen molar-refractivity contribution in [1.82, 2.24) is 0 Å². The Bertz CT molecular complexity index is 451. The van der Waals surface area contributed by atoms with Crippen LogP contribution in [0.5, 0.6) is 0 Å². The monoisotopic (exact) mass is 253 g/mol. The Hall–Kier alpha value is -1.47. The van der Waals surface area contributed by atoms with Crippen molar-refractivity contribution >= 4 is 5.70 Å². The summed E-state index contributed by atoms with van der Waals surface area (Å²) >= 11 is 0. The first-order valence-corrected chi connectivity index (χ1v) is 5.62. The van der Waals surface area contributed by atoms with Gasteiger partial charge in [-0.1, -0.05) is 6.58 Å². The lowest BCUT2D eigenvalue weighted by Crippen LogP contribution is -2.46. The number of hydrogen-bond donors (Lipinski definition) is 4. The summed E-state index contributed by atoms with van der Waals surface area (Å²) in [7, 11) is 0. The number of ether oxygens (including phenoxy) is 1. The minimum absolute atomic E-state index is 0.349. The fraction of sp³-hybridized carbons (Fsp3) is 0.417. The van der Waals surface area contributed by atoms with E-state index in [2.05, 4.69) is 6.58 Å². The number of nitrogens with two attached hydrogens (primary N) is 1. The van der Waals surface area contributed by atoms with Gasteiger partial charge in [0, 0.05) is 11.8 Å². The van der Waals surface area contributed by atoms with Gasteiger partial charge in [0.25, 0.3) is 6.23 Å². The Labute approximate surface area is 105 Å². The number of nitrogens with zero attached hydrogens (tertiary/aromatic N) is 1. The topological polar surface area (TPSA) is 99.8 Å². The maximum Gasteiger partial charge on any atom is 0.292 e. The average Bonchev–Trinajstić information content (AvgIpc) is 2.66. The van der Waals surface area contributed by atoms with E-state index in [9.17, 15) is 10.2 Å². The Morgan fingerprint density at radius 1 is 1.44 bits per heavy atom. The van der Waals surface area contributed by atoms with Crippen LogP contribution in [0, 0.1) is 0 Å². The molecule has 1 saturated heterocycles. The molecule has 1 fully saturated rings. The predicted octanol–water partition coefficient (Wildman–Crippen LogP) is -1.48. The van der Waals surface area contributed by atoms with E-state index in [0.29, 0.717) is 11.3 Å². The number of aliphatic hydroxyl groups is 3. The molecule has 0 amide bonds. The van der Waals surface area contributed by atoms with Gasteiger partial charge in [-0.15, -0.1) is 0 Å².